The number of benzene rings is 1. The molecule has 0 saturated heterocycles. The maximum absolute atomic E-state index is 10.8. The van der Waals surface area contributed by atoms with Gasteiger partial charge in [-0.3, -0.25) is 14.9 Å². The van der Waals surface area contributed by atoms with Gasteiger partial charge in [0.1, 0.15) is 0 Å². The highest BCUT2D eigenvalue weighted by Crippen LogP contribution is 2.12. The molecule has 98 valence electrons. The van der Waals surface area contributed by atoms with Crippen molar-refractivity contribution in [1.29, 1.82) is 0 Å². The van der Waals surface area contributed by atoms with E-state index in [-0.39, 0.29) is 17.4 Å². The predicted octanol–water partition coefficient (Wildman–Crippen LogP) is 3.53. The highest BCUT2D eigenvalue weighted by atomic mass is 35.5. The monoisotopic (exact) mass is 277 g/mol. The van der Waals surface area contributed by atoms with Crippen molar-refractivity contribution in [1.82, 2.24) is 0 Å². The van der Waals surface area contributed by atoms with E-state index in [0.717, 1.165) is 5.56 Å². The minimum absolute atomic E-state index is 0.0248. The molecular formula is C14H12ClNO3. The van der Waals surface area contributed by atoms with Gasteiger partial charge in [-0.15, -0.1) is 11.6 Å². The minimum Gasteiger partial charge on any atom is -0.294 e. The molecule has 5 heteroatoms. The molecule has 0 spiro atoms. The molecule has 1 aromatic rings. The van der Waals surface area contributed by atoms with E-state index in [0.29, 0.717) is 0 Å². The van der Waals surface area contributed by atoms with E-state index >= 15 is 0 Å². The van der Waals surface area contributed by atoms with Gasteiger partial charge < -0.3 is 0 Å². The van der Waals surface area contributed by atoms with Crippen LogP contribution in [-0.2, 0) is 4.79 Å². The van der Waals surface area contributed by atoms with Crippen molar-refractivity contribution in [3.63, 3.8) is 0 Å². The molecule has 0 heterocycles. The van der Waals surface area contributed by atoms with Gasteiger partial charge in [0.05, 0.1) is 10.8 Å². The lowest BCUT2D eigenvalue weighted by Crippen LogP contribution is -1.90. The van der Waals surface area contributed by atoms with Crippen molar-refractivity contribution < 1.29 is 9.72 Å². The molecule has 0 N–H and O–H groups in total. The quantitative estimate of drug-likeness (QED) is 0.263. The lowest BCUT2D eigenvalue weighted by molar-refractivity contribution is -0.384. The zero-order valence-electron chi connectivity index (χ0n) is 10.0. The van der Waals surface area contributed by atoms with Crippen LogP contribution >= 0.6 is 11.6 Å². The number of nitro benzene ring substituents is 1. The summed E-state index contributed by atoms with van der Waals surface area (Å²) in [5.41, 5.74) is 0.922. The summed E-state index contributed by atoms with van der Waals surface area (Å²) in [6.07, 6.45) is 10.0. The van der Waals surface area contributed by atoms with E-state index in [1.54, 1.807) is 42.5 Å². The molecule has 1 rings (SSSR count). The molecule has 0 atom stereocenters. The summed E-state index contributed by atoms with van der Waals surface area (Å²) < 4.78 is 0. The van der Waals surface area contributed by atoms with Gasteiger partial charge in [-0.2, -0.15) is 0 Å². The number of alkyl halides is 1. The van der Waals surface area contributed by atoms with Gasteiger partial charge >= 0.3 is 0 Å². The number of allylic oxidation sites excluding steroid dienone is 5. The fourth-order valence-corrected chi connectivity index (χ4v) is 1.30. The van der Waals surface area contributed by atoms with Crippen LogP contribution in [0.15, 0.2) is 54.6 Å². The number of halogens is 1. The average Bonchev–Trinajstić information content (AvgIpc) is 2.42. The number of nitrogens with zero attached hydrogens (tertiary/aromatic N) is 1. The lowest BCUT2D eigenvalue weighted by atomic mass is 10.2. The summed E-state index contributed by atoms with van der Waals surface area (Å²) in [5.74, 6) is -0.172. The van der Waals surface area contributed by atoms with Crippen LogP contribution in [0.4, 0.5) is 5.69 Å². The normalized spacial score (nSPS) is 11.6. The van der Waals surface area contributed by atoms with Gasteiger partial charge in [0.15, 0.2) is 5.78 Å². The van der Waals surface area contributed by atoms with Crippen LogP contribution in [0.1, 0.15) is 5.56 Å². The van der Waals surface area contributed by atoms with Gasteiger partial charge in [-0.1, -0.05) is 30.4 Å². The second kappa shape index (κ2) is 8.00. The van der Waals surface area contributed by atoms with E-state index in [4.69, 9.17) is 11.6 Å². The Morgan fingerprint density at radius 1 is 1.16 bits per heavy atom. The first kappa shape index (κ1) is 14.9. The molecular weight excluding hydrogens is 266 g/mol. The number of rotatable bonds is 6. The topological polar surface area (TPSA) is 60.2 Å². The van der Waals surface area contributed by atoms with E-state index in [2.05, 4.69) is 0 Å². The molecule has 0 fully saturated rings. The molecule has 0 aliphatic carbocycles. The summed E-state index contributed by atoms with van der Waals surface area (Å²) in [6, 6.07) is 6.22. The first-order valence-corrected chi connectivity index (χ1v) is 6.01. The number of nitro groups is 1. The van der Waals surface area contributed by atoms with E-state index in [9.17, 15) is 14.9 Å². The van der Waals surface area contributed by atoms with Crippen molar-refractivity contribution in [3.8, 4) is 0 Å². The predicted molar refractivity (Wildman–Crippen MR) is 76.1 cm³/mol. The molecule has 4 nitrogen and oxygen atoms in total. The van der Waals surface area contributed by atoms with Crippen molar-refractivity contribution in [3.05, 3.63) is 70.3 Å². The summed E-state index contributed by atoms with van der Waals surface area (Å²) >= 11 is 5.32. The Kier molecular flexibility index (Phi) is 6.26. The number of hydrogen-bond donors (Lipinski definition) is 0. The van der Waals surface area contributed by atoms with Crippen LogP contribution in [0.2, 0.25) is 0 Å². The maximum Gasteiger partial charge on any atom is 0.269 e. The van der Waals surface area contributed by atoms with Crippen molar-refractivity contribution in [2.24, 2.45) is 0 Å². The standard InChI is InChI=1S/C14H12ClNO3/c15-11-14(17)6-4-2-1-3-5-12-7-9-13(10-8-12)16(18)19/h1-10H,11H2/b2-1+,5-3+,6-4+. The minimum atomic E-state index is -0.438. The van der Waals surface area contributed by atoms with Gasteiger partial charge in [-0.25, -0.2) is 0 Å². The zero-order valence-corrected chi connectivity index (χ0v) is 10.8. The van der Waals surface area contributed by atoms with Crippen molar-refractivity contribution in [2.75, 3.05) is 5.88 Å². The Bertz CT molecular complexity index is 530. The van der Waals surface area contributed by atoms with Crippen molar-refractivity contribution in [2.45, 2.75) is 0 Å². The first-order valence-electron chi connectivity index (χ1n) is 5.48. The summed E-state index contributed by atoms with van der Waals surface area (Å²) in [7, 11) is 0. The summed E-state index contributed by atoms with van der Waals surface area (Å²) in [4.78, 5) is 20.8. The van der Waals surface area contributed by atoms with Crippen LogP contribution in [0.25, 0.3) is 6.08 Å². The maximum atomic E-state index is 10.8. The molecule has 0 saturated carbocycles. The first-order chi connectivity index (χ1) is 9.13. The summed E-state index contributed by atoms with van der Waals surface area (Å²) in [5, 5.41) is 10.5. The second-order valence-electron chi connectivity index (χ2n) is 3.55. The number of carbonyl (C=O) groups excluding carboxylic acids is 1. The fraction of sp³-hybridized carbons (Fsp3) is 0.0714. The summed E-state index contributed by atoms with van der Waals surface area (Å²) in [6.45, 7) is 0. The third-order valence-corrected chi connectivity index (χ3v) is 2.40. The highest BCUT2D eigenvalue weighted by molar-refractivity contribution is 6.29. The SMILES string of the molecule is O=C(/C=C/C=C/C=C/c1ccc([N+](=O)[O-])cc1)CCl. The Labute approximate surface area is 115 Å². The third kappa shape index (κ3) is 5.79. The Morgan fingerprint density at radius 3 is 2.37 bits per heavy atom. The third-order valence-electron chi connectivity index (χ3n) is 2.14. The molecule has 0 radical (unpaired) electrons. The van der Waals surface area contributed by atoms with Crippen LogP contribution in [0.5, 0.6) is 0 Å². The molecule has 19 heavy (non-hydrogen) atoms. The lowest BCUT2D eigenvalue weighted by Gasteiger charge is -1.92. The molecule has 0 bridgehead atoms. The Hall–Kier alpha value is -2.20. The average molecular weight is 278 g/mol. The van der Waals surface area contributed by atoms with Crippen LogP contribution in [-0.4, -0.2) is 16.6 Å². The number of hydrogen-bond acceptors (Lipinski definition) is 3. The van der Waals surface area contributed by atoms with E-state index in [1.165, 1.54) is 18.2 Å². The number of carbonyl (C=O) groups is 1. The molecule has 0 aromatic heterocycles. The number of non-ortho nitro benzene ring substituents is 1. The largest absolute Gasteiger partial charge is 0.294 e. The van der Waals surface area contributed by atoms with E-state index < -0.39 is 4.92 Å². The second-order valence-corrected chi connectivity index (χ2v) is 3.82. The Balaban J connectivity index is 2.53. The van der Waals surface area contributed by atoms with Crippen molar-refractivity contribution >= 4 is 29.1 Å². The van der Waals surface area contributed by atoms with Crippen LogP contribution in [0, 0.1) is 10.1 Å². The van der Waals surface area contributed by atoms with Gasteiger partial charge in [0.2, 0.25) is 0 Å². The van der Waals surface area contributed by atoms with E-state index in [1.807, 2.05) is 0 Å². The molecule has 0 aliphatic heterocycles. The van der Waals surface area contributed by atoms with Gasteiger partial charge in [0, 0.05) is 12.1 Å². The smallest absolute Gasteiger partial charge is 0.269 e. The molecule has 1 aromatic carbocycles. The molecule has 0 unspecified atom stereocenters. The highest BCUT2D eigenvalue weighted by Gasteiger charge is 2.01. The fourth-order valence-electron chi connectivity index (χ4n) is 1.21. The van der Waals surface area contributed by atoms with Gasteiger partial charge in [0.25, 0.3) is 5.69 Å². The molecule has 0 aliphatic rings. The zero-order chi connectivity index (χ0) is 14.1. The molecule has 0 amide bonds. The van der Waals surface area contributed by atoms with Gasteiger partial charge in [-0.05, 0) is 23.8 Å². The van der Waals surface area contributed by atoms with Crippen LogP contribution in [0.3, 0.4) is 0 Å². The Morgan fingerprint density at radius 2 is 1.79 bits per heavy atom. The van der Waals surface area contributed by atoms with Crippen LogP contribution < -0.4 is 0 Å². The number of ketones is 1.